The Hall–Kier alpha value is -0.965. The fourth-order valence-electron chi connectivity index (χ4n) is 2.67. The summed E-state index contributed by atoms with van der Waals surface area (Å²) in [5, 5.41) is 49.1. The third-order valence-corrected chi connectivity index (χ3v) is 4.36. The molecule has 0 saturated heterocycles. The highest BCUT2D eigenvalue weighted by molar-refractivity contribution is 6.30. The summed E-state index contributed by atoms with van der Waals surface area (Å²) in [5.74, 6) is -0.311. The van der Waals surface area contributed by atoms with Gasteiger partial charge in [-0.25, -0.2) is 0 Å². The highest BCUT2D eigenvalue weighted by Crippen LogP contribution is 2.10. The van der Waals surface area contributed by atoms with Crippen molar-refractivity contribution in [2.75, 3.05) is 13.2 Å². The van der Waals surface area contributed by atoms with E-state index in [1.807, 2.05) is 0 Å². The maximum atomic E-state index is 11.4. The molecule has 0 fully saturated rings. The number of aliphatic hydroxyl groups is 3. The van der Waals surface area contributed by atoms with Crippen LogP contribution in [0.2, 0.25) is 0 Å². The lowest BCUT2D eigenvalue weighted by Gasteiger charge is -2.08. The molecular weight excluding hydrogens is 391 g/mol. The normalized spacial score (nSPS) is 12.9. The predicted molar refractivity (Wildman–Crippen MR) is 117 cm³/mol. The quantitative estimate of drug-likeness (QED) is 0.0829. The van der Waals surface area contributed by atoms with E-state index >= 15 is 0 Å². The molecule has 0 bridgehead atoms. The first-order valence-corrected chi connectivity index (χ1v) is 11.1. The first-order valence-electron chi connectivity index (χ1n) is 11.1. The summed E-state index contributed by atoms with van der Waals surface area (Å²) >= 11 is 0. The van der Waals surface area contributed by atoms with Crippen LogP contribution in [0.4, 0.5) is 0 Å². The number of carbonyl (C=O) groups is 1. The standard InChI is InChI=1S/C21H40O5.BH3O3/c1-2-3-4-11-14-19(23)15-12-9-7-5-6-8-10-13-16-21(25)26-18-20(24)17-22;2-1(3)4/h9,12,19-20,22-24H,2-8,10-11,13-18H2,1H3;2-4H/b12-9-;/t19-,20?;/m1./s1. The Kier molecular flexibility index (Phi) is 25.3. The fraction of sp³-hybridized carbons (Fsp3) is 0.857. The summed E-state index contributed by atoms with van der Waals surface area (Å²) in [6.45, 7) is 1.68. The third-order valence-electron chi connectivity index (χ3n) is 4.36. The van der Waals surface area contributed by atoms with E-state index in [0.717, 1.165) is 57.8 Å². The number of rotatable bonds is 18. The van der Waals surface area contributed by atoms with Gasteiger partial charge < -0.3 is 35.1 Å². The smallest absolute Gasteiger partial charge is 0.463 e. The maximum absolute atomic E-state index is 11.4. The van der Waals surface area contributed by atoms with E-state index < -0.39 is 13.4 Å². The van der Waals surface area contributed by atoms with Crippen molar-refractivity contribution in [2.45, 2.75) is 103 Å². The molecule has 0 rings (SSSR count). The summed E-state index contributed by atoms with van der Waals surface area (Å²) in [6.07, 6.45) is 16.2. The van der Waals surface area contributed by atoms with Crippen LogP contribution in [0.3, 0.4) is 0 Å². The second-order valence-corrected chi connectivity index (χ2v) is 7.38. The lowest BCUT2D eigenvalue weighted by molar-refractivity contribution is -0.147. The Bertz CT molecular complexity index is 390. The van der Waals surface area contributed by atoms with Crippen LogP contribution in [-0.2, 0) is 9.53 Å². The zero-order valence-electron chi connectivity index (χ0n) is 18.5. The zero-order valence-corrected chi connectivity index (χ0v) is 18.5. The van der Waals surface area contributed by atoms with Crippen molar-refractivity contribution < 1.29 is 39.9 Å². The van der Waals surface area contributed by atoms with Gasteiger partial charge in [-0.15, -0.1) is 0 Å². The van der Waals surface area contributed by atoms with Crippen LogP contribution in [0.5, 0.6) is 0 Å². The Labute approximate surface area is 181 Å². The van der Waals surface area contributed by atoms with Crippen LogP contribution < -0.4 is 0 Å². The van der Waals surface area contributed by atoms with Crippen molar-refractivity contribution >= 4 is 13.3 Å². The predicted octanol–water partition coefficient (Wildman–Crippen LogP) is 1.84. The average Bonchev–Trinajstić information content (AvgIpc) is 2.70. The molecule has 0 saturated carbocycles. The van der Waals surface area contributed by atoms with Gasteiger partial charge in [0, 0.05) is 6.42 Å². The first-order chi connectivity index (χ1) is 14.3. The Morgan fingerprint density at radius 3 is 2.13 bits per heavy atom. The summed E-state index contributed by atoms with van der Waals surface area (Å²) in [4.78, 5) is 11.4. The molecule has 178 valence electrons. The highest BCUT2D eigenvalue weighted by Gasteiger charge is 2.07. The molecule has 0 aromatic rings. The topological polar surface area (TPSA) is 148 Å². The minimum absolute atomic E-state index is 0.130. The van der Waals surface area contributed by atoms with Gasteiger partial charge in [-0.2, -0.15) is 0 Å². The van der Waals surface area contributed by atoms with Gasteiger partial charge in [0.25, 0.3) is 0 Å². The third kappa shape index (κ3) is 29.2. The number of hydrogen-bond acceptors (Lipinski definition) is 8. The summed E-state index contributed by atoms with van der Waals surface area (Å²) in [7, 11) is -2.17. The Morgan fingerprint density at radius 1 is 0.900 bits per heavy atom. The van der Waals surface area contributed by atoms with Crippen LogP contribution in [0.1, 0.15) is 90.4 Å². The van der Waals surface area contributed by atoms with Gasteiger partial charge in [-0.3, -0.25) is 4.79 Å². The number of allylic oxidation sites excluding steroid dienone is 1. The molecule has 9 heteroatoms. The van der Waals surface area contributed by atoms with Gasteiger partial charge >= 0.3 is 13.3 Å². The summed E-state index contributed by atoms with van der Waals surface area (Å²) < 4.78 is 4.84. The SMILES string of the molecule is CCCCCC[C@@H](O)C/C=C\CCCCCCCC(=O)OCC(O)CO.OB(O)O. The second-order valence-electron chi connectivity index (χ2n) is 7.38. The van der Waals surface area contributed by atoms with E-state index in [0.29, 0.717) is 6.42 Å². The van der Waals surface area contributed by atoms with E-state index in [1.54, 1.807) is 0 Å². The highest BCUT2D eigenvalue weighted by atomic mass is 16.5. The number of carbonyl (C=O) groups excluding carboxylic acids is 1. The second kappa shape index (κ2) is 24.3. The Morgan fingerprint density at radius 2 is 1.50 bits per heavy atom. The fourth-order valence-corrected chi connectivity index (χ4v) is 2.67. The summed E-state index contributed by atoms with van der Waals surface area (Å²) in [5.41, 5.74) is 0. The minimum atomic E-state index is -2.17. The van der Waals surface area contributed by atoms with E-state index in [4.69, 9.17) is 30.0 Å². The molecule has 0 heterocycles. The van der Waals surface area contributed by atoms with E-state index in [9.17, 15) is 9.90 Å². The molecule has 0 aliphatic rings. The van der Waals surface area contributed by atoms with Crippen LogP contribution in [-0.4, -0.2) is 69.1 Å². The molecule has 6 N–H and O–H groups in total. The van der Waals surface area contributed by atoms with Crippen LogP contribution in [0, 0.1) is 0 Å². The van der Waals surface area contributed by atoms with Crippen molar-refractivity contribution in [3.8, 4) is 0 Å². The molecule has 0 radical (unpaired) electrons. The molecule has 8 nitrogen and oxygen atoms in total. The van der Waals surface area contributed by atoms with Gasteiger partial charge in [-0.05, 0) is 32.1 Å². The van der Waals surface area contributed by atoms with Gasteiger partial charge in [0.1, 0.15) is 12.7 Å². The molecule has 2 atom stereocenters. The molecule has 0 spiro atoms. The molecule has 1 unspecified atom stereocenters. The van der Waals surface area contributed by atoms with Crippen LogP contribution in [0.15, 0.2) is 12.2 Å². The minimum Gasteiger partial charge on any atom is -0.463 e. The van der Waals surface area contributed by atoms with Crippen molar-refractivity contribution in [2.24, 2.45) is 0 Å². The number of ether oxygens (including phenoxy) is 1. The monoisotopic (exact) mass is 434 g/mol. The largest absolute Gasteiger partial charge is 0.631 e. The maximum Gasteiger partial charge on any atom is 0.631 e. The van der Waals surface area contributed by atoms with Crippen molar-refractivity contribution in [1.82, 2.24) is 0 Å². The van der Waals surface area contributed by atoms with Gasteiger partial charge in [0.2, 0.25) is 0 Å². The molecule has 0 aliphatic carbocycles. The summed E-state index contributed by atoms with van der Waals surface area (Å²) in [6, 6.07) is 0. The van der Waals surface area contributed by atoms with Crippen LogP contribution >= 0.6 is 0 Å². The van der Waals surface area contributed by atoms with Crippen molar-refractivity contribution in [3.63, 3.8) is 0 Å². The zero-order chi connectivity index (χ0) is 23.0. The van der Waals surface area contributed by atoms with Gasteiger partial charge in [0.05, 0.1) is 12.7 Å². The molecule has 0 aromatic heterocycles. The lowest BCUT2D eigenvalue weighted by atomic mass is 10.1. The first kappa shape index (κ1) is 31.2. The van der Waals surface area contributed by atoms with E-state index in [-0.39, 0.29) is 25.3 Å². The molecule has 0 aromatic carbocycles. The van der Waals surface area contributed by atoms with Crippen molar-refractivity contribution in [3.05, 3.63) is 12.2 Å². The number of esters is 1. The van der Waals surface area contributed by atoms with Crippen LogP contribution in [0.25, 0.3) is 0 Å². The molecule has 0 aliphatic heterocycles. The molecule has 30 heavy (non-hydrogen) atoms. The average molecular weight is 434 g/mol. The van der Waals surface area contributed by atoms with Crippen molar-refractivity contribution in [1.29, 1.82) is 0 Å². The number of hydrogen-bond donors (Lipinski definition) is 6. The Balaban J connectivity index is 0. The molecule has 0 amide bonds. The van der Waals surface area contributed by atoms with Gasteiger partial charge in [-0.1, -0.05) is 64.0 Å². The number of unbranched alkanes of at least 4 members (excludes halogenated alkanes) is 8. The van der Waals surface area contributed by atoms with E-state index in [1.165, 1.54) is 19.3 Å². The number of aliphatic hydroxyl groups excluding tert-OH is 3. The lowest BCUT2D eigenvalue weighted by Crippen LogP contribution is -2.21. The van der Waals surface area contributed by atoms with Gasteiger partial charge in [0.15, 0.2) is 0 Å². The molecular formula is C21H43BO8. The van der Waals surface area contributed by atoms with E-state index in [2.05, 4.69) is 19.1 Å².